The average molecular weight is 368 g/mol. The lowest BCUT2D eigenvalue weighted by molar-refractivity contribution is 0.0991. The molecule has 0 aliphatic carbocycles. The molecule has 0 saturated carbocycles. The summed E-state index contributed by atoms with van der Waals surface area (Å²) in [5.74, 6) is 1.04. The minimum absolute atomic E-state index is 0.0354. The molecule has 2 heterocycles. The molecular weight excluding hydrogens is 352 g/mol. The summed E-state index contributed by atoms with van der Waals surface area (Å²) in [4.78, 5) is 28.8. The first-order valence-electron chi connectivity index (χ1n) is 8.20. The fraction of sp³-hybridized carbons (Fsp3) is 0.211. The molecule has 132 valence electrons. The van der Waals surface area contributed by atoms with Gasteiger partial charge in [0.2, 0.25) is 6.79 Å². The van der Waals surface area contributed by atoms with Crippen LogP contribution in [-0.2, 0) is 6.54 Å². The van der Waals surface area contributed by atoms with E-state index >= 15 is 0 Å². The Hall–Kier alpha value is -2.93. The zero-order valence-corrected chi connectivity index (χ0v) is 15.1. The van der Waals surface area contributed by atoms with Crippen molar-refractivity contribution < 1.29 is 19.1 Å². The zero-order chi connectivity index (χ0) is 18.3. The van der Waals surface area contributed by atoms with Crippen LogP contribution in [0.4, 0.5) is 0 Å². The summed E-state index contributed by atoms with van der Waals surface area (Å²) in [7, 11) is 0. The van der Waals surface area contributed by atoms with Gasteiger partial charge in [0, 0.05) is 29.8 Å². The molecule has 0 bridgehead atoms. The molecule has 0 radical (unpaired) electrons. The molecule has 0 saturated heterocycles. The molecule has 0 N–H and O–H groups in total. The normalized spacial score (nSPS) is 13.4. The topological polar surface area (TPSA) is 69.9 Å². The number of carbonyl (C=O) groups is 2. The maximum Gasteiger partial charge on any atom is 0.279 e. The number of fused-ring (bicyclic) bond motifs is 2. The van der Waals surface area contributed by atoms with Crippen LogP contribution in [0.2, 0.25) is 0 Å². The number of hydrogen-bond acceptors (Lipinski definition) is 5. The number of aryl methyl sites for hydroxylation is 1. The van der Waals surface area contributed by atoms with Crippen molar-refractivity contribution in [3.63, 3.8) is 0 Å². The van der Waals surface area contributed by atoms with E-state index in [9.17, 15) is 9.59 Å². The smallest absolute Gasteiger partial charge is 0.279 e. The summed E-state index contributed by atoms with van der Waals surface area (Å²) < 4.78 is 13.8. The van der Waals surface area contributed by atoms with E-state index in [-0.39, 0.29) is 18.5 Å². The highest BCUT2D eigenvalue weighted by atomic mass is 32.1. The van der Waals surface area contributed by atoms with Gasteiger partial charge in [0.25, 0.3) is 5.91 Å². The van der Waals surface area contributed by atoms with Gasteiger partial charge in [0.15, 0.2) is 22.1 Å². The van der Waals surface area contributed by atoms with Crippen molar-refractivity contribution >= 4 is 33.2 Å². The van der Waals surface area contributed by atoms with Gasteiger partial charge in [-0.05, 0) is 26.0 Å². The molecule has 7 heteroatoms. The van der Waals surface area contributed by atoms with Gasteiger partial charge in [-0.25, -0.2) is 0 Å². The number of benzene rings is 2. The average Bonchev–Trinajstić information content (AvgIpc) is 3.22. The third kappa shape index (κ3) is 2.80. The first-order valence-corrected chi connectivity index (χ1v) is 9.01. The summed E-state index contributed by atoms with van der Waals surface area (Å²) >= 11 is 1.43. The van der Waals surface area contributed by atoms with Crippen LogP contribution in [0.15, 0.2) is 41.4 Å². The summed E-state index contributed by atoms with van der Waals surface area (Å²) in [6, 6.07) is 10.4. The zero-order valence-electron chi connectivity index (χ0n) is 14.3. The van der Waals surface area contributed by atoms with Gasteiger partial charge in [0.05, 0.1) is 10.2 Å². The Bertz CT molecular complexity index is 1090. The largest absolute Gasteiger partial charge is 0.454 e. The van der Waals surface area contributed by atoms with Gasteiger partial charge in [-0.15, -0.1) is 0 Å². The maximum absolute atomic E-state index is 12.5. The van der Waals surface area contributed by atoms with Crippen LogP contribution in [0, 0.1) is 0 Å². The van der Waals surface area contributed by atoms with Gasteiger partial charge in [-0.2, -0.15) is 4.99 Å². The highest BCUT2D eigenvalue weighted by Crippen LogP contribution is 2.36. The van der Waals surface area contributed by atoms with Crippen LogP contribution < -0.4 is 14.3 Å². The Kier molecular flexibility index (Phi) is 4.08. The van der Waals surface area contributed by atoms with Crippen molar-refractivity contribution in [3.05, 3.63) is 52.3 Å². The number of rotatable bonds is 3. The summed E-state index contributed by atoms with van der Waals surface area (Å²) in [5.41, 5.74) is 1.98. The summed E-state index contributed by atoms with van der Waals surface area (Å²) in [6.07, 6.45) is 0. The first kappa shape index (κ1) is 16.5. The number of aromatic nitrogens is 1. The molecule has 1 aliphatic rings. The number of hydrogen-bond donors (Lipinski definition) is 0. The lowest BCUT2D eigenvalue weighted by Crippen LogP contribution is -2.15. The number of carbonyl (C=O) groups excluding carboxylic acids is 2. The van der Waals surface area contributed by atoms with Crippen LogP contribution in [0.5, 0.6) is 11.5 Å². The highest BCUT2D eigenvalue weighted by Gasteiger charge is 2.17. The Morgan fingerprint density at radius 2 is 1.77 bits per heavy atom. The van der Waals surface area contributed by atoms with Crippen molar-refractivity contribution in [2.24, 2.45) is 4.99 Å². The lowest BCUT2D eigenvalue weighted by Gasteiger charge is -2.02. The van der Waals surface area contributed by atoms with Crippen molar-refractivity contribution in [1.29, 1.82) is 0 Å². The van der Waals surface area contributed by atoms with Gasteiger partial charge in [-0.1, -0.05) is 23.5 Å². The molecule has 0 spiro atoms. The van der Waals surface area contributed by atoms with E-state index in [4.69, 9.17) is 9.47 Å². The Labute approximate surface area is 153 Å². The predicted molar refractivity (Wildman–Crippen MR) is 98.0 cm³/mol. The number of ether oxygens (including phenoxy) is 2. The molecule has 0 fully saturated rings. The molecular formula is C19H16N2O4S. The van der Waals surface area contributed by atoms with Crippen LogP contribution in [-0.4, -0.2) is 23.1 Å². The molecule has 0 atom stereocenters. The molecule has 2 aromatic carbocycles. The second kappa shape index (κ2) is 6.42. The minimum atomic E-state index is -0.339. The third-order valence-electron chi connectivity index (χ3n) is 4.23. The van der Waals surface area contributed by atoms with Crippen molar-refractivity contribution in [2.45, 2.75) is 20.4 Å². The van der Waals surface area contributed by atoms with E-state index in [1.54, 1.807) is 24.3 Å². The fourth-order valence-corrected chi connectivity index (χ4v) is 3.95. The molecule has 1 aromatic heterocycles. The monoisotopic (exact) mass is 368 g/mol. The number of Topliss-reactive ketones (excluding diaryl/α,β-unsaturated/α-hetero) is 1. The van der Waals surface area contributed by atoms with E-state index in [2.05, 4.69) is 4.99 Å². The van der Waals surface area contributed by atoms with Crippen LogP contribution in [0.25, 0.3) is 10.2 Å². The third-order valence-corrected chi connectivity index (χ3v) is 5.27. The molecule has 26 heavy (non-hydrogen) atoms. The summed E-state index contributed by atoms with van der Waals surface area (Å²) in [5, 5.41) is 0. The standard InChI is InChI=1S/C19H16N2O4S/c1-3-21-14-8-15-16(25-10-24-15)9-17(14)26-19(21)20-18(23)13-6-4-12(5-7-13)11(2)22/h4-9H,3,10H2,1-2H3. The van der Waals surface area contributed by atoms with Crippen molar-refractivity contribution in [2.75, 3.05) is 6.79 Å². The van der Waals surface area contributed by atoms with E-state index in [0.717, 1.165) is 10.2 Å². The molecule has 6 nitrogen and oxygen atoms in total. The van der Waals surface area contributed by atoms with Crippen LogP contribution in [0.3, 0.4) is 0 Å². The molecule has 0 unspecified atom stereocenters. The SMILES string of the molecule is CCn1c(=NC(=O)c2ccc(C(C)=O)cc2)sc2cc3c(cc21)OCO3. The molecule has 1 aliphatic heterocycles. The van der Waals surface area contributed by atoms with E-state index in [0.29, 0.717) is 34.0 Å². The highest BCUT2D eigenvalue weighted by molar-refractivity contribution is 7.16. The van der Waals surface area contributed by atoms with Gasteiger partial charge < -0.3 is 14.0 Å². The quantitative estimate of drug-likeness (QED) is 0.665. The molecule has 4 rings (SSSR count). The summed E-state index contributed by atoms with van der Waals surface area (Å²) in [6.45, 7) is 4.40. The maximum atomic E-state index is 12.5. The van der Waals surface area contributed by atoms with E-state index < -0.39 is 0 Å². The van der Waals surface area contributed by atoms with Crippen LogP contribution >= 0.6 is 11.3 Å². The Morgan fingerprint density at radius 3 is 2.42 bits per heavy atom. The Balaban J connectivity index is 1.77. The second-order valence-electron chi connectivity index (χ2n) is 5.85. The van der Waals surface area contributed by atoms with Gasteiger partial charge in [-0.3, -0.25) is 9.59 Å². The molecule has 1 amide bonds. The number of nitrogens with zero attached hydrogens (tertiary/aromatic N) is 2. The van der Waals surface area contributed by atoms with E-state index in [1.165, 1.54) is 18.3 Å². The predicted octanol–water partition coefficient (Wildman–Crippen LogP) is 3.40. The molecule has 3 aromatic rings. The second-order valence-corrected chi connectivity index (χ2v) is 6.86. The number of thiazole rings is 1. The first-order chi connectivity index (χ1) is 12.6. The number of ketones is 1. The van der Waals surface area contributed by atoms with Gasteiger partial charge >= 0.3 is 0 Å². The Morgan fingerprint density at radius 1 is 1.12 bits per heavy atom. The number of amides is 1. The van der Waals surface area contributed by atoms with E-state index in [1.807, 2.05) is 23.6 Å². The van der Waals surface area contributed by atoms with Crippen LogP contribution in [0.1, 0.15) is 34.6 Å². The fourth-order valence-electron chi connectivity index (χ4n) is 2.85. The van der Waals surface area contributed by atoms with Crippen molar-refractivity contribution in [3.8, 4) is 11.5 Å². The van der Waals surface area contributed by atoms with Gasteiger partial charge in [0.1, 0.15) is 0 Å². The van der Waals surface area contributed by atoms with Crippen molar-refractivity contribution in [1.82, 2.24) is 4.57 Å². The lowest BCUT2D eigenvalue weighted by atomic mass is 10.1. The minimum Gasteiger partial charge on any atom is -0.454 e.